The monoisotopic (exact) mass is 910 g/mol. The third kappa shape index (κ3) is 4.98. The minimum atomic E-state index is -0.0204. The molecule has 4 aliphatic rings. The zero-order valence-corrected chi connectivity index (χ0v) is 39.0. The van der Waals surface area contributed by atoms with Gasteiger partial charge in [0.2, 0.25) is 0 Å². The van der Waals surface area contributed by atoms with Crippen LogP contribution in [0.15, 0.2) is 243 Å². The Morgan fingerprint density at radius 1 is 0.250 bits per heavy atom. The molecular weight excluding hydrogens is 870 g/mol. The Kier molecular flexibility index (Phi) is 7.60. The number of benzene rings is 11. The summed E-state index contributed by atoms with van der Waals surface area (Å²) in [5.41, 5.74) is 27.6. The molecule has 0 saturated carbocycles. The van der Waals surface area contributed by atoms with Crippen molar-refractivity contribution in [3.8, 4) is 33.6 Å². The summed E-state index contributed by atoms with van der Waals surface area (Å²) in [6, 6.07) is 91.1. The Morgan fingerprint density at radius 2 is 0.639 bits per heavy atom. The van der Waals surface area contributed by atoms with Gasteiger partial charge in [0.1, 0.15) is 0 Å². The summed E-state index contributed by atoms with van der Waals surface area (Å²) in [6.07, 6.45) is 0. The highest BCUT2D eigenvalue weighted by molar-refractivity contribution is 7.03. The summed E-state index contributed by atoms with van der Waals surface area (Å²) in [4.78, 5) is 5.01. The number of nitrogens with zero attached hydrogens (tertiary/aromatic N) is 4. The zero-order valence-electron chi connectivity index (χ0n) is 39.0. The highest BCUT2D eigenvalue weighted by Gasteiger charge is 2.46. The van der Waals surface area contributed by atoms with Crippen LogP contribution in [0.4, 0.5) is 34.1 Å². The van der Waals surface area contributed by atoms with E-state index in [4.69, 9.17) is 0 Å². The van der Waals surface area contributed by atoms with E-state index < -0.39 is 0 Å². The van der Waals surface area contributed by atoms with E-state index in [2.05, 4.69) is 262 Å². The molecule has 11 aromatic carbocycles. The number of hydrogen-bond donors (Lipinski definition) is 0. The van der Waals surface area contributed by atoms with Crippen molar-refractivity contribution in [1.82, 2.24) is 9.13 Å². The molecule has 0 spiro atoms. The Morgan fingerprint density at radius 3 is 1.08 bits per heavy atom. The van der Waals surface area contributed by atoms with Crippen molar-refractivity contribution in [2.75, 3.05) is 9.80 Å². The van der Waals surface area contributed by atoms with Crippen LogP contribution in [0.2, 0.25) is 0 Å². The van der Waals surface area contributed by atoms with Gasteiger partial charge in [-0.3, -0.25) is 0 Å². The molecule has 4 aliphatic heterocycles. The van der Waals surface area contributed by atoms with Gasteiger partial charge in [0.25, 0.3) is 13.4 Å². The predicted molar refractivity (Wildman–Crippen MR) is 305 cm³/mol. The molecule has 0 saturated heterocycles. The minimum Gasteiger partial charge on any atom is -0.311 e. The molecule has 2 aromatic heterocycles. The van der Waals surface area contributed by atoms with Crippen LogP contribution >= 0.6 is 0 Å². The quantitative estimate of drug-likeness (QED) is 0.164. The van der Waals surface area contributed by atoms with Crippen LogP contribution in [0, 0.1) is 0 Å². The third-order valence-electron chi connectivity index (χ3n) is 16.5. The second kappa shape index (κ2) is 14.2. The highest BCUT2D eigenvalue weighted by Crippen LogP contribution is 2.46. The standard InChI is InChI=1S/C66H40B2N4/c1-5-17-41(18-6-1)43-29-31-47-49-33-35-57-63-65(49)71(59(47)37-43)61-40-62-54(39-53(61)67(63)51-25-13-15-27-55(51)69(57)45-21-9-3-10-22-45)68-52-26-14-16-28-56(52)70(46-23-11-4-12-24-46)58-36-34-50-48-32-30-44(42-19-7-2-8-20-42)38-60(48)72(62)66(50)64(58)68/h1-40H. The molecule has 13 aromatic rings. The lowest BCUT2D eigenvalue weighted by atomic mass is 9.30. The lowest BCUT2D eigenvalue weighted by Crippen LogP contribution is -2.64. The largest absolute Gasteiger partial charge is 0.311 e. The molecule has 72 heavy (non-hydrogen) atoms. The summed E-state index contributed by atoms with van der Waals surface area (Å²) in [5, 5.41) is 5.09. The smallest absolute Gasteiger partial charge is 0.252 e. The molecule has 6 heterocycles. The Labute approximate surface area is 417 Å². The Balaban J connectivity index is 1.04. The summed E-state index contributed by atoms with van der Waals surface area (Å²) in [5.74, 6) is 0. The van der Waals surface area contributed by atoms with Gasteiger partial charge in [-0.05, 0) is 122 Å². The topological polar surface area (TPSA) is 16.3 Å². The maximum absolute atomic E-state index is 2.65. The molecule has 330 valence electrons. The number of aromatic nitrogens is 2. The van der Waals surface area contributed by atoms with Gasteiger partial charge in [0, 0.05) is 67.0 Å². The predicted octanol–water partition coefficient (Wildman–Crippen LogP) is 12.4. The van der Waals surface area contributed by atoms with Crippen molar-refractivity contribution in [2.45, 2.75) is 0 Å². The molecule has 0 radical (unpaired) electrons. The molecule has 0 bridgehead atoms. The van der Waals surface area contributed by atoms with Crippen LogP contribution in [0.3, 0.4) is 0 Å². The number of hydrogen-bond acceptors (Lipinski definition) is 2. The van der Waals surface area contributed by atoms with E-state index in [0.29, 0.717) is 0 Å². The fraction of sp³-hybridized carbons (Fsp3) is 0. The van der Waals surface area contributed by atoms with Gasteiger partial charge in [-0.2, -0.15) is 0 Å². The molecule has 0 amide bonds. The summed E-state index contributed by atoms with van der Waals surface area (Å²) < 4.78 is 5.30. The first kappa shape index (κ1) is 38.6. The van der Waals surface area contributed by atoms with Gasteiger partial charge in [-0.25, -0.2) is 0 Å². The molecule has 0 aliphatic carbocycles. The van der Waals surface area contributed by atoms with E-state index in [0.717, 1.165) is 11.4 Å². The number of para-hydroxylation sites is 4. The molecule has 17 rings (SSSR count). The van der Waals surface area contributed by atoms with Gasteiger partial charge in [-0.1, -0.05) is 176 Å². The SMILES string of the molecule is c1ccc(-c2ccc3c4ccc5c6c4n(c3c2)-c2cc3c(cc2B6c2ccccc2N5c2ccccc2)B2c4ccccc4N(c4ccccc4)c4ccc5c6ccc(-c7ccccc7)cc6n-3c5c42)cc1. The van der Waals surface area contributed by atoms with Crippen molar-refractivity contribution in [2.24, 2.45) is 0 Å². The first-order valence-electron chi connectivity index (χ1n) is 25.2. The third-order valence-corrected chi connectivity index (χ3v) is 16.5. The lowest BCUT2D eigenvalue weighted by Gasteiger charge is -2.42. The lowest BCUT2D eigenvalue weighted by molar-refractivity contribution is 1.14. The Bertz CT molecular complexity index is 4180. The molecule has 0 atom stereocenters. The van der Waals surface area contributed by atoms with Gasteiger partial charge in [0.15, 0.2) is 0 Å². The van der Waals surface area contributed by atoms with Crippen molar-refractivity contribution < 1.29 is 0 Å². The van der Waals surface area contributed by atoms with Gasteiger partial charge in [-0.15, -0.1) is 0 Å². The first-order chi connectivity index (χ1) is 35.8. The second-order valence-corrected chi connectivity index (χ2v) is 20.0. The minimum absolute atomic E-state index is 0.0204. The normalized spacial score (nSPS) is 13.4. The zero-order chi connectivity index (χ0) is 46.8. The van der Waals surface area contributed by atoms with E-state index in [1.54, 1.807) is 0 Å². The van der Waals surface area contributed by atoms with Crippen LogP contribution in [0.5, 0.6) is 0 Å². The van der Waals surface area contributed by atoms with Crippen LogP contribution < -0.4 is 42.6 Å². The first-order valence-corrected chi connectivity index (χ1v) is 25.2. The number of anilines is 6. The second-order valence-electron chi connectivity index (χ2n) is 20.0. The number of rotatable bonds is 4. The summed E-state index contributed by atoms with van der Waals surface area (Å²) in [6.45, 7) is -0.0408. The highest BCUT2D eigenvalue weighted by atomic mass is 15.2. The van der Waals surface area contributed by atoms with E-state index in [1.807, 2.05) is 0 Å². The Hall–Kier alpha value is -9.25. The van der Waals surface area contributed by atoms with E-state index >= 15 is 0 Å². The van der Waals surface area contributed by atoms with E-state index in [1.165, 1.54) is 133 Å². The molecule has 0 fully saturated rings. The van der Waals surface area contributed by atoms with E-state index in [-0.39, 0.29) is 13.4 Å². The summed E-state index contributed by atoms with van der Waals surface area (Å²) >= 11 is 0. The van der Waals surface area contributed by atoms with E-state index in [9.17, 15) is 0 Å². The van der Waals surface area contributed by atoms with Crippen molar-refractivity contribution in [3.05, 3.63) is 243 Å². The van der Waals surface area contributed by atoms with Crippen LogP contribution in [-0.2, 0) is 0 Å². The molecule has 0 N–H and O–H groups in total. The van der Waals surface area contributed by atoms with Gasteiger partial charge >= 0.3 is 0 Å². The van der Waals surface area contributed by atoms with Crippen LogP contribution in [0.25, 0.3) is 77.2 Å². The van der Waals surface area contributed by atoms with Crippen molar-refractivity contribution in [1.29, 1.82) is 0 Å². The molecule has 0 unspecified atom stereocenters. The maximum Gasteiger partial charge on any atom is 0.252 e. The van der Waals surface area contributed by atoms with Crippen LogP contribution in [-0.4, -0.2) is 22.6 Å². The fourth-order valence-corrected chi connectivity index (χ4v) is 13.6. The molecular formula is C66H40B2N4. The fourth-order valence-electron chi connectivity index (χ4n) is 13.6. The average Bonchev–Trinajstić information content (AvgIpc) is 3.97. The average molecular weight is 911 g/mol. The van der Waals surface area contributed by atoms with Gasteiger partial charge < -0.3 is 18.9 Å². The van der Waals surface area contributed by atoms with Crippen molar-refractivity contribution in [3.63, 3.8) is 0 Å². The maximum atomic E-state index is 2.65. The number of fused-ring (bicyclic) bond motifs is 16. The summed E-state index contributed by atoms with van der Waals surface area (Å²) in [7, 11) is 0. The van der Waals surface area contributed by atoms with Crippen molar-refractivity contribution >= 4 is 124 Å². The molecule has 4 nitrogen and oxygen atoms in total. The van der Waals surface area contributed by atoms with Crippen LogP contribution in [0.1, 0.15) is 0 Å². The molecule has 6 heteroatoms. The van der Waals surface area contributed by atoms with Gasteiger partial charge in [0.05, 0.1) is 22.1 Å².